The van der Waals surface area contributed by atoms with Crippen LogP contribution in [0.25, 0.3) is 0 Å². The van der Waals surface area contributed by atoms with Crippen molar-refractivity contribution in [3.8, 4) is 6.07 Å². The van der Waals surface area contributed by atoms with E-state index in [1.54, 1.807) is 0 Å². The minimum Gasteiger partial charge on any atom is -0.360 e. The Hall–Kier alpha value is -3.66. The SMILES string of the molecule is Cc1cc(C)c(N/C=C(/C#N)C(=O)Nc2cccc([N+](=O)[O-])c2)c(C)c1. The number of carbonyl (C=O) groups is 1. The number of carbonyl (C=O) groups excluding carboxylic acids is 1. The lowest BCUT2D eigenvalue weighted by molar-refractivity contribution is -0.384. The first-order valence-corrected chi connectivity index (χ1v) is 7.82. The zero-order valence-electron chi connectivity index (χ0n) is 14.7. The van der Waals surface area contributed by atoms with Gasteiger partial charge in [0, 0.05) is 29.7 Å². The van der Waals surface area contributed by atoms with Gasteiger partial charge in [0.1, 0.15) is 11.6 Å². The molecule has 0 spiro atoms. The summed E-state index contributed by atoms with van der Waals surface area (Å²) >= 11 is 0. The highest BCUT2D eigenvalue weighted by Gasteiger charge is 2.12. The predicted octanol–water partition coefficient (Wildman–Crippen LogP) is 3.98. The maximum atomic E-state index is 12.3. The molecule has 1 amide bonds. The Balaban J connectivity index is 2.19. The van der Waals surface area contributed by atoms with Crippen molar-refractivity contribution in [1.29, 1.82) is 5.26 Å². The van der Waals surface area contributed by atoms with Crippen LogP contribution in [0.3, 0.4) is 0 Å². The first-order chi connectivity index (χ1) is 12.3. The van der Waals surface area contributed by atoms with Crippen LogP contribution in [0.4, 0.5) is 17.1 Å². The molecule has 0 aliphatic heterocycles. The number of benzene rings is 2. The number of amides is 1. The van der Waals surface area contributed by atoms with Gasteiger partial charge in [-0.2, -0.15) is 5.26 Å². The molecule has 0 saturated heterocycles. The van der Waals surface area contributed by atoms with E-state index in [1.807, 2.05) is 39.0 Å². The van der Waals surface area contributed by atoms with E-state index in [-0.39, 0.29) is 16.9 Å². The lowest BCUT2D eigenvalue weighted by Gasteiger charge is -2.11. The largest absolute Gasteiger partial charge is 0.360 e. The third kappa shape index (κ3) is 4.45. The van der Waals surface area contributed by atoms with Gasteiger partial charge in [-0.25, -0.2) is 0 Å². The van der Waals surface area contributed by atoms with Crippen molar-refractivity contribution in [3.63, 3.8) is 0 Å². The van der Waals surface area contributed by atoms with E-state index in [0.29, 0.717) is 0 Å². The number of nitro benzene ring substituents is 1. The van der Waals surface area contributed by atoms with Gasteiger partial charge in [-0.3, -0.25) is 14.9 Å². The monoisotopic (exact) mass is 350 g/mol. The van der Waals surface area contributed by atoms with Crippen LogP contribution in [0.15, 0.2) is 48.2 Å². The molecule has 2 rings (SSSR count). The third-order valence-electron chi connectivity index (χ3n) is 3.72. The zero-order chi connectivity index (χ0) is 19.3. The normalized spacial score (nSPS) is 10.8. The summed E-state index contributed by atoms with van der Waals surface area (Å²) in [6.07, 6.45) is 1.33. The highest BCUT2D eigenvalue weighted by atomic mass is 16.6. The topological polar surface area (TPSA) is 108 Å². The summed E-state index contributed by atoms with van der Waals surface area (Å²) < 4.78 is 0. The van der Waals surface area contributed by atoms with E-state index in [9.17, 15) is 20.2 Å². The Morgan fingerprint density at radius 1 is 1.19 bits per heavy atom. The first-order valence-electron chi connectivity index (χ1n) is 7.82. The van der Waals surface area contributed by atoms with Gasteiger partial charge in [-0.15, -0.1) is 0 Å². The molecule has 0 heterocycles. The smallest absolute Gasteiger partial charge is 0.271 e. The number of aryl methyl sites for hydroxylation is 3. The van der Waals surface area contributed by atoms with Crippen molar-refractivity contribution in [2.75, 3.05) is 10.6 Å². The predicted molar refractivity (Wildman–Crippen MR) is 99.7 cm³/mol. The molecule has 0 aliphatic rings. The maximum Gasteiger partial charge on any atom is 0.271 e. The van der Waals surface area contributed by atoms with Crippen molar-refractivity contribution in [2.24, 2.45) is 0 Å². The lowest BCUT2D eigenvalue weighted by atomic mass is 10.1. The number of rotatable bonds is 5. The number of anilines is 2. The molecule has 26 heavy (non-hydrogen) atoms. The summed E-state index contributed by atoms with van der Waals surface area (Å²) in [5.41, 5.74) is 3.90. The fourth-order valence-electron chi connectivity index (χ4n) is 2.60. The summed E-state index contributed by atoms with van der Waals surface area (Å²) in [5, 5.41) is 25.5. The number of nitro groups is 1. The molecule has 0 aromatic heterocycles. The average Bonchev–Trinajstić information content (AvgIpc) is 2.57. The van der Waals surface area contributed by atoms with Gasteiger partial charge in [0.05, 0.1) is 4.92 Å². The standard InChI is InChI=1S/C19H18N4O3/c1-12-7-13(2)18(14(3)8-12)21-11-15(10-20)19(24)22-16-5-4-6-17(9-16)23(25)26/h4-9,11,21H,1-3H3,(H,22,24)/b15-11-. The molecule has 0 fully saturated rings. The first kappa shape index (κ1) is 18.7. The quantitative estimate of drug-likeness (QED) is 0.367. The fourth-order valence-corrected chi connectivity index (χ4v) is 2.60. The van der Waals surface area contributed by atoms with Gasteiger partial charge in [-0.1, -0.05) is 23.8 Å². The number of nitrogens with one attached hydrogen (secondary N) is 2. The van der Waals surface area contributed by atoms with Gasteiger partial charge in [0.2, 0.25) is 0 Å². The molecule has 7 nitrogen and oxygen atoms in total. The Morgan fingerprint density at radius 2 is 1.85 bits per heavy atom. The minimum absolute atomic E-state index is 0.143. The van der Waals surface area contributed by atoms with E-state index < -0.39 is 10.8 Å². The summed E-state index contributed by atoms with van der Waals surface area (Å²) in [4.78, 5) is 22.5. The summed E-state index contributed by atoms with van der Waals surface area (Å²) in [5.74, 6) is -0.650. The van der Waals surface area contributed by atoms with E-state index >= 15 is 0 Å². The van der Waals surface area contributed by atoms with Crippen LogP contribution in [0.1, 0.15) is 16.7 Å². The third-order valence-corrected chi connectivity index (χ3v) is 3.72. The van der Waals surface area contributed by atoms with Gasteiger partial charge in [-0.05, 0) is 38.0 Å². The van der Waals surface area contributed by atoms with Crippen molar-refractivity contribution in [3.05, 3.63) is 75.0 Å². The van der Waals surface area contributed by atoms with Crippen molar-refractivity contribution in [2.45, 2.75) is 20.8 Å². The van der Waals surface area contributed by atoms with E-state index in [4.69, 9.17) is 0 Å². The van der Waals surface area contributed by atoms with Crippen LogP contribution in [-0.4, -0.2) is 10.8 Å². The molecule has 0 bridgehead atoms. The molecule has 0 radical (unpaired) electrons. The summed E-state index contributed by atoms with van der Waals surface area (Å²) in [7, 11) is 0. The molecular weight excluding hydrogens is 332 g/mol. The van der Waals surface area contributed by atoms with E-state index in [1.165, 1.54) is 30.5 Å². The minimum atomic E-state index is -0.650. The van der Waals surface area contributed by atoms with E-state index in [2.05, 4.69) is 10.6 Å². The van der Waals surface area contributed by atoms with Gasteiger partial charge in [0.25, 0.3) is 11.6 Å². The summed E-state index contributed by atoms with van der Waals surface area (Å²) in [6.45, 7) is 5.86. The number of hydrogen-bond acceptors (Lipinski definition) is 5. The summed E-state index contributed by atoms with van der Waals surface area (Å²) in [6, 6.07) is 11.4. The van der Waals surface area contributed by atoms with E-state index in [0.717, 1.165) is 22.4 Å². The zero-order valence-corrected chi connectivity index (χ0v) is 14.7. The second-order valence-corrected chi connectivity index (χ2v) is 5.85. The molecule has 0 unspecified atom stereocenters. The molecule has 2 N–H and O–H groups in total. The Labute approximate surface area is 151 Å². The fraction of sp³-hybridized carbons (Fsp3) is 0.158. The van der Waals surface area contributed by atoms with Crippen molar-refractivity contribution in [1.82, 2.24) is 0 Å². The highest BCUT2D eigenvalue weighted by molar-refractivity contribution is 6.06. The van der Waals surface area contributed by atoms with Crippen LogP contribution in [-0.2, 0) is 4.79 Å². The van der Waals surface area contributed by atoms with Crippen molar-refractivity contribution < 1.29 is 9.72 Å². The van der Waals surface area contributed by atoms with Crippen LogP contribution in [0.2, 0.25) is 0 Å². The van der Waals surface area contributed by atoms with Crippen LogP contribution < -0.4 is 10.6 Å². The molecule has 0 atom stereocenters. The molecule has 0 saturated carbocycles. The molecule has 7 heteroatoms. The molecule has 0 aliphatic carbocycles. The van der Waals surface area contributed by atoms with Crippen LogP contribution >= 0.6 is 0 Å². The molecule has 2 aromatic carbocycles. The molecule has 132 valence electrons. The number of nitrogens with zero attached hydrogens (tertiary/aromatic N) is 2. The number of non-ortho nitro benzene ring substituents is 1. The van der Waals surface area contributed by atoms with Crippen molar-refractivity contribution >= 4 is 23.0 Å². The Morgan fingerprint density at radius 3 is 2.42 bits per heavy atom. The molecule has 2 aromatic rings. The average molecular weight is 350 g/mol. The number of nitriles is 1. The van der Waals surface area contributed by atoms with Gasteiger partial charge in [0.15, 0.2) is 0 Å². The lowest BCUT2D eigenvalue weighted by Crippen LogP contribution is -2.14. The second-order valence-electron chi connectivity index (χ2n) is 5.85. The van der Waals surface area contributed by atoms with Gasteiger partial charge >= 0.3 is 0 Å². The Kier molecular flexibility index (Phi) is 5.71. The highest BCUT2D eigenvalue weighted by Crippen LogP contribution is 2.22. The van der Waals surface area contributed by atoms with Crippen LogP contribution in [0.5, 0.6) is 0 Å². The molecular formula is C19H18N4O3. The van der Waals surface area contributed by atoms with Crippen LogP contribution in [0, 0.1) is 42.2 Å². The number of hydrogen-bond donors (Lipinski definition) is 2. The maximum absolute atomic E-state index is 12.3. The van der Waals surface area contributed by atoms with Gasteiger partial charge < -0.3 is 10.6 Å². The Bertz CT molecular complexity index is 919. The second kappa shape index (κ2) is 7.94.